The number of aromatic nitrogens is 2. The smallest absolute Gasteiger partial charge is 0.248 e. The van der Waals surface area contributed by atoms with Gasteiger partial charge in [0, 0.05) is 19.3 Å². The monoisotopic (exact) mass is 256 g/mol. The number of rotatable bonds is 3. The van der Waals surface area contributed by atoms with Crippen molar-refractivity contribution in [2.45, 2.75) is 6.92 Å². The number of nitrogens with two attached hydrogens (primary N) is 1. The minimum absolute atomic E-state index is 0.230. The van der Waals surface area contributed by atoms with Gasteiger partial charge in [-0.3, -0.25) is 4.79 Å². The maximum atomic E-state index is 11.8. The minimum Gasteiger partial charge on any atom is -0.397 e. The molecule has 0 spiro atoms. The Morgan fingerprint density at radius 3 is 2.89 bits per heavy atom. The molecule has 0 aliphatic carbocycles. The van der Waals surface area contributed by atoms with E-state index in [4.69, 9.17) is 5.73 Å². The Morgan fingerprint density at radius 1 is 1.47 bits per heavy atom. The van der Waals surface area contributed by atoms with E-state index in [0.29, 0.717) is 11.4 Å². The third-order valence-corrected chi connectivity index (χ3v) is 2.68. The zero-order valence-corrected chi connectivity index (χ0v) is 10.9. The lowest BCUT2D eigenvalue weighted by Gasteiger charge is -2.09. The van der Waals surface area contributed by atoms with Gasteiger partial charge < -0.3 is 15.6 Å². The van der Waals surface area contributed by atoms with Crippen LogP contribution >= 0.6 is 0 Å². The largest absolute Gasteiger partial charge is 0.397 e. The number of hydrogen-bond acceptors (Lipinski definition) is 3. The summed E-state index contributed by atoms with van der Waals surface area (Å²) in [6.45, 7) is 1.90. The lowest BCUT2D eigenvalue weighted by molar-refractivity contribution is -0.111. The molecule has 0 radical (unpaired) electrons. The van der Waals surface area contributed by atoms with E-state index >= 15 is 0 Å². The fourth-order valence-electron chi connectivity index (χ4n) is 1.71. The topological polar surface area (TPSA) is 72.9 Å². The molecule has 1 amide bonds. The van der Waals surface area contributed by atoms with Gasteiger partial charge >= 0.3 is 0 Å². The first kappa shape index (κ1) is 12.9. The van der Waals surface area contributed by atoms with Crippen LogP contribution in [0.3, 0.4) is 0 Å². The van der Waals surface area contributed by atoms with E-state index in [1.807, 2.05) is 36.9 Å². The summed E-state index contributed by atoms with van der Waals surface area (Å²) in [5.74, 6) is -0.230. The highest BCUT2D eigenvalue weighted by molar-refractivity contribution is 6.04. The molecule has 1 heterocycles. The molecule has 1 aromatic carbocycles. The highest BCUT2D eigenvalue weighted by Crippen LogP contribution is 2.22. The summed E-state index contributed by atoms with van der Waals surface area (Å²) in [6.07, 6.45) is 6.60. The lowest BCUT2D eigenvalue weighted by Crippen LogP contribution is -2.10. The molecule has 1 aromatic heterocycles. The molecule has 2 rings (SSSR count). The van der Waals surface area contributed by atoms with Gasteiger partial charge in [0.15, 0.2) is 0 Å². The fourth-order valence-corrected chi connectivity index (χ4v) is 1.71. The Bertz CT molecular complexity index is 608. The van der Waals surface area contributed by atoms with Crippen LogP contribution in [0.5, 0.6) is 0 Å². The summed E-state index contributed by atoms with van der Waals surface area (Å²) in [5.41, 5.74) is 8.69. The third kappa shape index (κ3) is 3.22. The summed E-state index contributed by atoms with van der Waals surface area (Å²) >= 11 is 0. The second-order valence-electron chi connectivity index (χ2n) is 4.33. The molecule has 5 heteroatoms. The quantitative estimate of drug-likeness (QED) is 0.651. The summed E-state index contributed by atoms with van der Waals surface area (Å²) < 4.78 is 1.82. The third-order valence-electron chi connectivity index (χ3n) is 2.68. The lowest BCUT2D eigenvalue weighted by atomic mass is 10.1. The number of benzene rings is 1. The number of nitrogens with zero attached hydrogens (tertiary/aromatic N) is 2. The van der Waals surface area contributed by atoms with Crippen molar-refractivity contribution in [1.82, 2.24) is 9.55 Å². The zero-order chi connectivity index (χ0) is 13.8. The molecule has 5 nitrogen and oxygen atoms in total. The average Bonchev–Trinajstić information content (AvgIpc) is 2.77. The van der Waals surface area contributed by atoms with E-state index in [-0.39, 0.29) is 5.91 Å². The van der Waals surface area contributed by atoms with Crippen LogP contribution in [0.2, 0.25) is 0 Å². The van der Waals surface area contributed by atoms with Crippen LogP contribution in [0.4, 0.5) is 11.4 Å². The maximum absolute atomic E-state index is 11.8. The summed E-state index contributed by atoms with van der Waals surface area (Å²) in [5, 5.41) is 2.77. The number of anilines is 2. The first-order chi connectivity index (χ1) is 9.06. The Hall–Kier alpha value is -2.56. The molecule has 0 unspecified atom stereocenters. The molecule has 0 fully saturated rings. The number of carbonyl (C=O) groups is 1. The molecule has 19 heavy (non-hydrogen) atoms. The number of carbonyl (C=O) groups excluding carboxylic acids is 1. The van der Waals surface area contributed by atoms with Gasteiger partial charge in [-0.05, 0) is 24.6 Å². The van der Waals surface area contributed by atoms with Crippen molar-refractivity contribution in [3.8, 4) is 0 Å². The number of hydrogen-bond donors (Lipinski definition) is 2. The van der Waals surface area contributed by atoms with Crippen molar-refractivity contribution >= 4 is 23.4 Å². The van der Waals surface area contributed by atoms with E-state index in [1.165, 1.54) is 6.08 Å². The van der Waals surface area contributed by atoms with E-state index in [1.54, 1.807) is 18.5 Å². The molecule has 3 N–H and O–H groups in total. The second-order valence-corrected chi connectivity index (χ2v) is 4.33. The zero-order valence-electron chi connectivity index (χ0n) is 10.9. The molecule has 0 bridgehead atoms. The van der Waals surface area contributed by atoms with Crippen LogP contribution in [-0.2, 0) is 11.8 Å². The van der Waals surface area contributed by atoms with Gasteiger partial charge in [-0.1, -0.05) is 12.1 Å². The number of nitrogen functional groups attached to an aromatic ring is 1. The summed E-state index contributed by atoms with van der Waals surface area (Å²) in [4.78, 5) is 15.9. The van der Waals surface area contributed by atoms with Gasteiger partial charge in [-0.25, -0.2) is 4.98 Å². The van der Waals surface area contributed by atoms with Gasteiger partial charge in [0.25, 0.3) is 0 Å². The van der Waals surface area contributed by atoms with Crippen molar-refractivity contribution < 1.29 is 4.79 Å². The number of aryl methyl sites for hydroxylation is 2. The van der Waals surface area contributed by atoms with Gasteiger partial charge in [0.1, 0.15) is 0 Å². The number of nitrogens with one attached hydrogen (secondary N) is 1. The Morgan fingerprint density at radius 2 is 2.26 bits per heavy atom. The highest BCUT2D eigenvalue weighted by Gasteiger charge is 2.05. The van der Waals surface area contributed by atoms with Crippen molar-refractivity contribution in [1.29, 1.82) is 0 Å². The molecule has 0 saturated carbocycles. The number of amides is 1. The predicted molar refractivity (Wildman–Crippen MR) is 76.5 cm³/mol. The van der Waals surface area contributed by atoms with E-state index in [9.17, 15) is 4.79 Å². The normalized spacial score (nSPS) is 10.8. The number of para-hydroxylation sites is 1. The van der Waals surface area contributed by atoms with Crippen LogP contribution in [-0.4, -0.2) is 15.5 Å². The molecular formula is C14H16N4O. The summed E-state index contributed by atoms with van der Waals surface area (Å²) in [7, 11) is 1.87. The van der Waals surface area contributed by atoms with Crippen LogP contribution in [0.1, 0.15) is 11.3 Å². The minimum atomic E-state index is -0.230. The maximum Gasteiger partial charge on any atom is 0.248 e. The second kappa shape index (κ2) is 5.39. The van der Waals surface area contributed by atoms with E-state index in [0.717, 1.165) is 11.3 Å². The van der Waals surface area contributed by atoms with E-state index < -0.39 is 0 Å². The van der Waals surface area contributed by atoms with Gasteiger partial charge in [0.05, 0.1) is 23.4 Å². The molecule has 0 aliphatic rings. The van der Waals surface area contributed by atoms with Crippen LogP contribution in [0, 0.1) is 6.92 Å². The van der Waals surface area contributed by atoms with Crippen molar-refractivity contribution in [3.05, 3.63) is 48.1 Å². The molecular weight excluding hydrogens is 240 g/mol. The fraction of sp³-hybridized carbons (Fsp3) is 0.143. The first-order valence-electron chi connectivity index (χ1n) is 5.88. The Kier molecular flexibility index (Phi) is 3.66. The van der Waals surface area contributed by atoms with Crippen molar-refractivity contribution in [3.63, 3.8) is 0 Å². The molecule has 0 atom stereocenters. The van der Waals surface area contributed by atoms with Gasteiger partial charge in [0.2, 0.25) is 5.91 Å². The molecule has 0 aliphatic heterocycles. The predicted octanol–water partition coefficient (Wildman–Crippen LogP) is 1.96. The molecule has 2 aromatic rings. The Labute approximate surface area is 111 Å². The Balaban J connectivity index is 2.07. The summed E-state index contributed by atoms with van der Waals surface area (Å²) in [6, 6.07) is 5.50. The molecule has 0 saturated heterocycles. The van der Waals surface area contributed by atoms with Crippen LogP contribution in [0.15, 0.2) is 36.8 Å². The highest BCUT2D eigenvalue weighted by atomic mass is 16.1. The SMILES string of the molecule is Cc1cccc(N)c1NC(=O)/C=C/c1cn(C)cn1. The number of imidazole rings is 1. The van der Waals surface area contributed by atoms with Crippen molar-refractivity contribution in [2.75, 3.05) is 11.1 Å². The molecule has 98 valence electrons. The van der Waals surface area contributed by atoms with Gasteiger partial charge in [-0.2, -0.15) is 0 Å². The standard InChI is InChI=1S/C14H16N4O/c1-10-4-3-5-12(15)14(10)17-13(19)7-6-11-8-18(2)9-16-11/h3-9H,15H2,1-2H3,(H,17,19)/b7-6+. The average molecular weight is 256 g/mol. The van der Waals surface area contributed by atoms with E-state index in [2.05, 4.69) is 10.3 Å². The van der Waals surface area contributed by atoms with Gasteiger partial charge in [-0.15, -0.1) is 0 Å². The van der Waals surface area contributed by atoms with Crippen LogP contribution in [0.25, 0.3) is 6.08 Å². The van der Waals surface area contributed by atoms with Crippen LogP contribution < -0.4 is 11.1 Å². The van der Waals surface area contributed by atoms with Crippen molar-refractivity contribution in [2.24, 2.45) is 7.05 Å². The first-order valence-corrected chi connectivity index (χ1v) is 5.88.